The summed E-state index contributed by atoms with van der Waals surface area (Å²) in [6, 6.07) is 1.57. The van der Waals surface area contributed by atoms with Crippen molar-refractivity contribution >= 4 is 5.91 Å². The standard InChI is InChI=1S/C8H5F4NO/c9-4-1-2-6(8(10,11)12)5(3-4)7(13)14/h1-3H,(H2,13,14). The maximum Gasteiger partial charge on any atom is 0.417 e. The lowest BCUT2D eigenvalue weighted by Crippen LogP contribution is -2.19. The Labute approximate surface area is 76.3 Å². The first kappa shape index (κ1) is 10.5. The van der Waals surface area contributed by atoms with Crippen LogP contribution in [0.25, 0.3) is 0 Å². The Morgan fingerprint density at radius 1 is 1.29 bits per heavy atom. The van der Waals surface area contributed by atoms with Crippen molar-refractivity contribution < 1.29 is 22.4 Å². The van der Waals surface area contributed by atoms with E-state index in [4.69, 9.17) is 0 Å². The van der Waals surface area contributed by atoms with E-state index in [0.29, 0.717) is 18.2 Å². The molecule has 76 valence electrons. The van der Waals surface area contributed by atoms with Gasteiger partial charge in [0.05, 0.1) is 11.1 Å². The van der Waals surface area contributed by atoms with Crippen molar-refractivity contribution in [2.75, 3.05) is 0 Å². The summed E-state index contributed by atoms with van der Waals surface area (Å²) in [6.45, 7) is 0. The van der Waals surface area contributed by atoms with Crippen LogP contribution in [0.1, 0.15) is 15.9 Å². The third-order valence-electron chi connectivity index (χ3n) is 1.55. The van der Waals surface area contributed by atoms with Gasteiger partial charge in [0.1, 0.15) is 5.82 Å². The third kappa shape index (κ3) is 2.01. The van der Waals surface area contributed by atoms with Crippen molar-refractivity contribution in [2.45, 2.75) is 6.18 Å². The van der Waals surface area contributed by atoms with Crippen molar-refractivity contribution in [1.29, 1.82) is 0 Å². The molecule has 1 aromatic rings. The Hall–Kier alpha value is -1.59. The highest BCUT2D eigenvalue weighted by atomic mass is 19.4. The Kier molecular flexibility index (Phi) is 2.46. The first-order chi connectivity index (χ1) is 6.32. The fourth-order valence-corrected chi connectivity index (χ4v) is 0.968. The number of amides is 1. The quantitative estimate of drug-likeness (QED) is 0.702. The van der Waals surface area contributed by atoms with E-state index in [9.17, 15) is 22.4 Å². The van der Waals surface area contributed by atoms with E-state index in [1.54, 1.807) is 0 Å². The molecule has 0 aliphatic rings. The summed E-state index contributed by atoms with van der Waals surface area (Å²) < 4.78 is 49.2. The Morgan fingerprint density at radius 3 is 2.29 bits per heavy atom. The van der Waals surface area contributed by atoms with Crippen LogP contribution >= 0.6 is 0 Å². The lowest BCUT2D eigenvalue weighted by Gasteiger charge is -2.09. The molecule has 0 spiro atoms. The zero-order chi connectivity index (χ0) is 10.9. The van der Waals surface area contributed by atoms with Gasteiger partial charge in [0.15, 0.2) is 0 Å². The summed E-state index contributed by atoms with van der Waals surface area (Å²) in [5, 5.41) is 0. The number of hydrogen-bond donors (Lipinski definition) is 1. The summed E-state index contributed by atoms with van der Waals surface area (Å²) in [5.74, 6) is -2.25. The topological polar surface area (TPSA) is 43.1 Å². The predicted octanol–water partition coefficient (Wildman–Crippen LogP) is 1.94. The van der Waals surface area contributed by atoms with Crippen LogP contribution in [0.5, 0.6) is 0 Å². The number of alkyl halides is 3. The molecule has 0 fully saturated rings. The predicted molar refractivity (Wildman–Crippen MR) is 39.9 cm³/mol. The molecule has 1 aromatic carbocycles. The van der Waals surface area contributed by atoms with Crippen LogP contribution in [0.2, 0.25) is 0 Å². The van der Waals surface area contributed by atoms with Crippen LogP contribution < -0.4 is 5.73 Å². The lowest BCUT2D eigenvalue weighted by atomic mass is 10.1. The average Bonchev–Trinajstić information content (AvgIpc) is 2.01. The molecule has 14 heavy (non-hydrogen) atoms. The molecule has 0 heterocycles. The van der Waals surface area contributed by atoms with Gasteiger partial charge in [-0.1, -0.05) is 0 Å². The van der Waals surface area contributed by atoms with Crippen LogP contribution in [0.15, 0.2) is 18.2 Å². The lowest BCUT2D eigenvalue weighted by molar-refractivity contribution is -0.137. The van der Waals surface area contributed by atoms with Crippen molar-refractivity contribution in [1.82, 2.24) is 0 Å². The number of benzene rings is 1. The molecule has 6 heteroatoms. The van der Waals surface area contributed by atoms with Crippen LogP contribution in [0, 0.1) is 5.82 Å². The summed E-state index contributed by atoms with van der Waals surface area (Å²) in [6.07, 6.45) is -4.71. The fraction of sp³-hybridized carbons (Fsp3) is 0.125. The zero-order valence-corrected chi connectivity index (χ0v) is 6.73. The number of rotatable bonds is 1. The van der Waals surface area contributed by atoms with Crippen molar-refractivity contribution in [2.24, 2.45) is 5.73 Å². The molecule has 0 radical (unpaired) electrons. The minimum Gasteiger partial charge on any atom is -0.366 e. The van der Waals surface area contributed by atoms with Gasteiger partial charge in [0, 0.05) is 0 Å². The van der Waals surface area contributed by atoms with Gasteiger partial charge < -0.3 is 5.73 Å². The second-order valence-electron chi connectivity index (χ2n) is 2.55. The highest BCUT2D eigenvalue weighted by Gasteiger charge is 2.34. The molecule has 1 rings (SSSR count). The normalized spacial score (nSPS) is 11.4. The van der Waals surface area contributed by atoms with Gasteiger partial charge >= 0.3 is 6.18 Å². The Bertz CT molecular complexity index is 372. The number of carbonyl (C=O) groups excluding carboxylic acids is 1. The molecular weight excluding hydrogens is 202 g/mol. The molecule has 0 aliphatic carbocycles. The fourth-order valence-electron chi connectivity index (χ4n) is 0.968. The van der Waals surface area contributed by atoms with Crippen molar-refractivity contribution in [3.05, 3.63) is 35.1 Å². The molecule has 0 saturated carbocycles. The second kappa shape index (κ2) is 3.28. The largest absolute Gasteiger partial charge is 0.417 e. The number of nitrogens with two attached hydrogens (primary N) is 1. The number of halogens is 4. The first-order valence-corrected chi connectivity index (χ1v) is 3.49. The smallest absolute Gasteiger partial charge is 0.366 e. The SMILES string of the molecule is NC(=O)c1cc(F)ccc1C(F)(F)F. The Balaban J connectivity index is 3.37. The van der Waals surface area contributed by atoms with E-state index in [0.717, 1.165) is 0 Å². The third-order valence-corrected chi connectivity index (χ3v) is 1.55. The van der Waals surface area contributed by atoms with E-state index < -0.39 is 29.0 Å². The number of primary amides is 1. The highest BCUT2D eigenvalue weighted by molar-refractivity contribution is 5.94. The molecule has 0 bridgehead atoms. The minimum absolute atomic E-state index is 0.463. The van der Waals surface area contributed by atoms with Gasteiger partial charge in [-0.25, -0.2) is 4.39 Å². The molecule has 0 saturated heterocycles. The van der Waals surface area contributed by atoms with Gasteiger partial charge in [-0.15, -0.1) is 0 Å². The summed E-state index contributed by atoms with van der Waals surface area (Å²) in [7, 11) is 0. The zero-order valence-electron chi connectivity index (χ0n) is 6.73. The van der Waals surface area contributed by atoms with Crippen molar-refractivity contribution in [3.63, 3.8) is 0 Å². The number of hydrogen-bond acceptors (Lipinski definition) is 1. The van der Waals surface area contributed by atoms with Gasteiger partial charge in [-0.3, -0.25) is 4.79 Å². The van der Waals surface area contributed by atoms with Crippen LogP contribution in [-0.2, 0) is 6.18 Å². The first-order valence-electron chi connectivity index (χ1n) is 3.49. The maximum atomic E-state index is 12.5. The molecule has 2 nitrogen and oxygen atoms in total. The summed E-state index contributed by atoms with van der Waals surface area (Å²) in [5.41, 5.74) is 2.58. The molecule has 0 atom stereocenters. The van der Waals surface area contributed by atoms with E-state index in [1.807, 2.05) is 0 Å². The molecular formula is C8H5F4NO. The van der Waals surface area contributed by atoms with Crippen LogP contribution in [0.4, 0.5) is 17.6 Å². The minimum atomic E-state index is -4.71. The summed E-state index contributed by atoms with van der Waals surface area (Å²) in [4.78, 5) is 10.6. The number of carbonyl (C=O) groups is 1. The molecule has 0 aromatic heterocycles. The Morgan fingerprint density at radius 2 is 1.86 bits per heavy atom. The van der Waals surface area contributed by atoms with Gasteiger partial charge in [0.2, 0.25) is 5.91 Å². The second-order valence-corrected chi connectivity index (χ2v) is 2.55. The van der Waals surface area contributed by atoms with Crippen LogP contribution in [-0.4, -0.2) is 5.91 Å². The van der Waals surface area contributed by atoms with E-state index in [1.165, 1.54) is 0 Å². The molecule has 0 aliphatic heterocycles. The molecule has 1 amide bonds. The summed E-state index contributed by atoms with van der Waals surface area (Å²) >= 11 is 0. The van der Waals surface area contributed by atoms with Crippen LogP contribution in [0.3, 0.4) is 0 Å². The van der Waals surface area contributed by atoms with Gasteiger partial charge in [-0.2, -0.15) is 13.2 Å². The highest BCUT2D eigenvalue weighted by Crippen LogP contribution is 2.31. The van der Waals surface area contributed by atoms with Crippen molar-refractivity contribution in [3.8, 4) is 0 Å². The maximum absolute atomic E-state index is 12.5. The van der Waals surface area contributed by atoms with E-state index in [2.05, 4.69) is 5.73 Å². The average molecular weight is 207 g/mol. The monoisotopic (exact) mass is 207 g/mol. The molecule has 2 N–H and O–H groups in total. The van der Waals surface area contributed by atoms with Gasteiger partial charge in [-0.05, 0) is 18.2 Å². The van der Waals surface area contributed by atoms with E-state index in [-0.39, 0.29) is 0 Å². The van der Waals surface area contributed by atoms with E-state index >= 15 is 0 Å². The molecule has 0 unspecified atom stereocenters. The van der Waals surface area contributed by atoms with Gasteiger partial charge in [0.25, 0.3) is 0 Å².